The summed E-state index contributed by atoms with van der Waals surface area (Å²) in [6, 6.07) is 11.6. The van der Waals surface area contributed by atoms with Crippen molar-refractivity contribution in [1.29, 1.82) is 0 Å². The fourth-order valence-corrected chi connectivity index (χ4v) is 2.59. The first kappa shape index (κ1) is 16.3. The maximum atomic E-state index is 12.3. The Kier molecular flexibility index (Phi) is 4.69. The van der Waals surface area contributed by atoms with E-state index in [-0.39, 0.29) is 11.9 Å². The Labute approximate surface area is 147 Å². The van der Waals surface area contributed by atoms with Crippen LogP contribution in [0.1, 0.15) is 10.4 Å². The van der Waals surface area contributed by atoms with Crippen LogP contribution in [0.25, 0.3) is 11.5 Å². The molecule has 122 valence electrons. The third kappa shape index (κ3) is 3.50. The average Bonchev–Trinajstić information content (AvgIpc) is 3.02. The topological polar surface area (TPSA) is 77.2 Å². The van der Waals surface area contributed by atoms with E-state index in [4.69, 9.17) is 32.4 Å². The van der Waals surface area contributed by atoms with Crippen LogP contribution < -0.4 is 10.1 Å². The van der Waals surface area contributed by atoms with Gasteiger partial charge >= 0.3 is 6.01 Å². The Hall–Kier alpha value is -2.57. The van der Waals surface area contributed by atoms with Crippen molar-refractivity contribution < 1.29 is 13.9 Å². The van der Waals surface area contributed by atoms with E-state index < -0.39 is 5.91 Å². The fraction of sp³-hybridized carbons (Fsp3) is 0.0625. The highest BCUT2D eigenvalue weighted by atomic mass is 35.5. The lowest BCUT2D eigenvalue weighted by molar-refractivity contribution is 0.102. The molecule has 0 aliphatic rings. The second-order valence-electron chi connectivity index (χ2n) is 4.72. The van der Waals surface area contributed by atoms with Gasteiger partial charge in [0.15, 0.2) is 0 Å². The molecule has 1 N–H and O–H groups in total. The highest BCUT2D eigenvalue weighted by Crippen LogP contribution is 2.27. The monoisotopic (exact) mass is 363 g/mol. The Morgan fingerprint density at radius 2 is 1.83 bits per heavy atom. The zero-order chi connectivity index (χ0) is 17.1. The van der Waals surface area contributed by atoms with Gasteiger partial charge in [0.25, 0.3) is 5.91 Å². The molecule has 24 heavy (non-hydrogen) atoms. The minimum Gasteiger partial charge on any atom is -0.496 e. The third-order valence-corrected chi connectivity index (χ3v) is 3.54. The van der Waals surface area contributed by atoms with Crippen LogP contribution in [0.2, 0.25) is 10.0 Å². The zero-order valence-electron chi connectivity index (χ0n) is 12.4. The Morgan fingerprint density at radius 3 is 2.54 bits per heavy atom. The second kappa shape index (κ2) is 6.90. The predicted octanol–water partition coefficient (Wildman–Crippen LogP) is 4.30. The molecule has 8 heteroatoms. The third-order valence-electron chi connectivity index (χ3n) is 3.11. The van der Waals surface area contributed by atoms with Gasteiger partial charge in [0.05, 0.1) is 12.7 Å². The SMILES string of the molecule is COc1ccccc1C(=O)Nc1nnc(-c2cc(Cl)cc(Cl)c2)o1. The van der Waals surface area contributed by atoms with E-state index in [1.807, 2.05) is 0 Å². The Bertz CT molecular complexity index is 876. The van der Waals surface area contributed by atoms with E-state index in [1.165, 1.54) is 7.11 Å². The Morgan fingerprint density at radius 1 is 1.12 bits per heavy atom. The molecule has 0 bridgehead atoms. The molecule has 0 spiro atoms. The Balaban J connectivity index is 1.82. The maximum absolute atomic E-state index is 12.3. The number of halogens is 2. The van der Waals surface area contributed by atoms with Crippen molar-refractivity contribution in [2.75, 3.05) is 12.4 Å². The van der Waals surface area contributed by atoms with E-state index >= 15 is 0 Å². The van der Waals surface area contributed by atoms with Gasteiger partial charge < -0.3 is 9.15 Å². The van der Waals surface area contributed by atoms with Gasteiger partial charge in [-0.25, -0.2) is 0 Å². The number of anilines is 1. The summed E-state index contributed by atoms with van der Waals surface area (Å²) >= 11 is 11.9. The normalized spacial score (nSPS) is 10.5. The first-order valence-corrected chi connectivity index (χ1v) is 7.57. The largest absolute Gasteiger partial charge is 0.496 e. The van der Waals surface area contributed by atoms with Crippen molar-refractivity contribution in [3.63, 3.8) is 0 Å². The second-order valence-corrected chi connectivity index (χ2v) is 5.60. The standard InChI is InChI=1S/C16H11Cl2N3O3/c1-23-13-5-3-2-4-12(13)14(22)19-16-21-20-15(24-16)9-6-10(17)8-11(18)7-9/h2-8H,1H3,(H,19,21,22). The molecule has 0 aliphatic carbocycles. The average molecular weight is 364 g/mol. The van der Waals surface area contributed by atoms with Crippen LogP contribution in [0.4, 0.5) is 6.01 Å². The predicted molar refractivity (Wildman–Crippen MR) is 90.7 cm³/mol. The van der Waals surface area contributed by atoms with Crippen molar-refractivity contribution >= 4 is 35.1 Å². The molecule has 0 fully saturated rings. The van der Waals surface area contributed by atoms with Crippen LogP contribution in [0.15, 0.2) is 46.9 Å². The summed E-state index contributed by atoms with van der Waals surface area (Å²) in [5.74, 6) is 0.206. The lowest BCUT2D eigenvalue weighted by atomic mass is 10.2. The van der Waals surface area contributed by atoms with Gasteiger partial charge in [0.1, 0.15) is 5.75 Å². The van der Waals surface area contributed by atoms with Gasteiger partial charge in [-0.2, -0.15) is 0 Å². The van der Waals surface area contributed by atoms with Crippen LogP contribution in [0, 0.1) is 0 Å². The molecule has 3 aromatic rings. The molecule has 0 unspecified atom stereocenters. The van der Waals surface area contributed by atoms with Crippen molar-refractivity contribution in [3.8, 4) is 17.2 Å². The summed E-state index contributed by atoms with van der Waals surface area (Å²) in [5, 5.41) is 11.1. The van der Waals surface area contributed by atoms with Gasteiger partial charge in [-0.1, -0.05) is 40.4 Å². The number of methoxy groups -OCH3 is 1. The molecule has 0 atom stereocenters. The molecule has 6 nitrogen and oxygen atoms in total. The van der Waals surface area contributed by atoms with Crippen molar-refractivity contribution in [2.24, 2.45) is 0 Å². The summed E-state index contributed by atoms with van der Waals surface area (Å²) < 4.78 is 10.6. The molecule has 0 saturated heterocycles. The highest BCUT2D eigenvalue weighted by molar-refractivity contribution is 6.35. The summed E-state index contributed by atoms with van der Waals surface area (Å²) in [4.78, 5) is 12.3. The zero-order valence-corrected chi connectivity index (χ0v) is 13.9. The van der Waals surface area contributed by atoms with Crippen molar-refractivity contribution in [1.82, 2.24) is 10.2 Å². The molecule has 0 aliphatic heterocycles. The number of carbonyl (C=O) groups excluding carboxylic acids is 1. The van der Waals surface area contributed by atoms with Crippen LogP contribution in [-0.4, -0.2) is 23.2 Å². The molecular formula is C16H11Cl2N3O3. The number of hydrogen-bond donors (Lipinski definition) is 1. The lowest BCUT2D eigenvalue weighted by Gasteiger charge is -2.06. The number of rotatable bonds is 4. The first-order chi connectivity index (χ1) is 11.6. The molecule has 1 heterocycles. The summed E-state index contributed by atoms with van der Waals surface area (Å²) in [7, 11) is 1.49. The number of aromatic nitrogens is 2. The maximum Gasteiger partial charge on any atom is 0.322 e. The number of amides is 1. The van der Waals surface area contributed by atoms with Crippen LogP contribution >= 0.6 is 23.2 Å². The number of para-hydroxylation sites is 1. The number of benzene rings is 2. The van der Waals surface area contributed by atoms with Gasteiger partial charge in [-0.05, 0) is 30.3 Å². The lowest BCUT2D eigenvalue weighted by Crippen LogP contribution is -2.13. The number of nitrogens with zero attached hydrogens (tertiary/aromatic N) is 2. The van der Waals surface area contributed by atoms with Crippen LogP contribution in [0.5, 0.6) is 5.75 Å². The molecule has 3 rings (SSSR count). The number of ether oxygens (including phenoxy) is 1. The van der Waals surface area contributed by atoms with Crippen molar-refractivity contribution in [2.45, 2.75) is 0 Å². The summed E-state index contributed by atoms with van der Waals surface area (Å²) in [5.41, 5.74) is 0.906. The quantitative estimate of drug-likeness (QED) is 0.747. The minimum atomic E-state index is -0.424. The molecule has 2 aromatic carbocycles. The van der Waals surface area contributed by atoms with Gasteiger partial charge in [0.2, 0.25) is 5.89 Å². The van der Waals surface area contributed by atoms with Crippen LogP contribution in [-0.2, 0) is 0 Å². The first-order valence-electron chi connectivity index (χ1n) is 6.81. The minimum absolute atomic E-state index is 0.0444. The van der Waals surface area contributed by atoms with E-state index in [9.17, 15) is 4.79 Å². The van der Waals surface area contributed by atoms with Gasteiger partial charge in [-0.15, -0.1) is 5.10 Å². The van der Waals surface area contributed by atoms with E-state index in [2.05, 4.69) is 15.5 Å². The van der Waals surface area contributed by atoms with Crippen LogP contribution in [0.3, 0.4) is 0 Å². The van der Waals surface area contributed by atoms with Gasteiger partial charge in [0, 0.05) is 15.6 Å². The van der Waals surface area contributed by atoms with E-state index in [1.54, 1.807) is 42.5 Å². The molecule has 1 amide bonds. The van der Waals surface area contributed by atoms with Gasteiger partial charge in [-0.3, -0.25) is 10.1 Å². The number of carbonyl (C=O) groups is 1. The molecule has 0 radical (unpaired) electrons. The molecule has 0 saturated carbocycles. The highest BCUT2D eigenvalue weighted by Gasteiger charge is 2.16. The number of nitrogens with one attached hydrogen (secondary N) is 1. The summed E-state index contributed by atoms with van der Waals surface area (Å²) in [6.07, 6.45) is 0. The fourth-order valence-electron chi connectivity index (χ4n) is 2.06. The van der Waals surface area contributed by atoms with Crippen molar-refractivity contribution in [3.05, 3.63) is 58.1 Å². The van der Waals surface area contributed by atoms with E-state index in [0.717, 1.165) is 0 Å². The molecule has 1 aromatic heterocycles. The molecular weight excluding hydrogens is 353 g/mol. The summed E-state index contributed by atoms with van der Waals surface area (Å²) in [6.45, 7) is 0. The smallest absolute Gasteiger partial charge is 0.322 e. The number of hydrogen-bond acceptors (Lipinski definition) is 5. The van der Waals surface area contributed by atoms with E-state index in [0.29, 0.717) is 26.9 Å².